The summed E-state index contributed by atoms with van der Waals surface area (Å²) in [6.45, 7) is 3.06. The van der Waals surface area contributed by atoms with Gasteiger partial charge in [0, 0.05) is 18.1 Å². The van der Waals surface area contributed by atoms with Crippen molar-refractivity contribution in [2.75, 3.05) is 13.6 Å². The molecule has 3 saturated heterocycles. The molecule has 0 radical (unpaired) electrons. The van der Waals surface area contributed by atoms with Crippen molar-refractivity contribution in [1.82, 2.24) is 9.80 Å². The van der Waals surface area contributed by atoms with Gasteiger partial charge in [-0.05, 0) is 51.6 Å². The number of piperidine rings is 1. The largest absolute Gasteiger partial charge is 0.480 e. The van der Waals surface area contributed by atoms with Crippen LogP contribution in [0.25, 0.3) is 0 Å². The molecule has 0 saturated carbocycles. The van der Waals surface area contributed by atoms with Crippen LogP contribution in [0.1, 0.15) is 39.0 Å². The maximum atomic E-state index is 11.5. The Labute approximate surface area is 109 Å². The highest BCUT2D eigenvalue weighted by Crippen LogP contribution is 2.39. The fourth-order valence-corrected chi connectivity index (χ4v) is 4.43. The number of carboxylic acids is 1. The summed E-state index contributed by atoms with van der Waals surface area (Å²) in [4.78, 5) is 16.3. The molecule has 0 aromatic carbocycles. The van der Waals surface area contributed by atoms with Gasteiger partial charge in [0.15, 0.2) is 0 Å². The van der Waals surface area contributed by atoms with E-state index in [1.807, 2.05) is 0 Å². The Morgan fingerprint density at radius 2 is 1.72 bits per heavy atom. The van der Waals surface area contributed by atoms with Crippen LogP contribution in [0.4, 0.5) is 0 Å². The van der Waals surface area contributed by atoms with E-state index in [0.717, 1.165) is 13.0 Å². The Hall–Kier alpha value is -0.610. The molecular formula is C14H24N2O2. The number of fused-ring (bicyclic) bond motifs is 2. The minimum Gasteiger partial charge on any atom is -0.480 e. The standard InChI is InChI=1S/C14H24N2O2/c1-9-5-6-16(13(9)14(17)18)12-7-10-3-4-11(8-12)15(10)2/h9-13H,3-8H2,1-2H3,(H,17,18). The van der Waals surface area contributed by atoms with E-state index in [1.165, 1.54) is 25.7 Å². The lowest BCUT2D eigenvalue weighted by Crippen LogP contribution is -2.52. The molecule has 1 N–H and O–H groups in total. The summed E-state index contributed by atoms with van der Waals surface area (Å²) in [6, 6.07) is 1.65. The number of carboxylic acid groups (broad SMARTS) is 1. The van der Waals surface area contributed by atoms with Crippen LogP contribution in [-0.2, 0) is 4.79 Å². The predicted octanol–water partition coefficient (Wildman–Crippen LogP) is 1.41. The summed E-state index contributed by atoms with van der Waals surface area (Å²) < 4.78 is 0. The second-order valence-electron chi connectivity index (χ2n) is 6.46. The van der Waals surface area contributed by atoms with E-state index < -0.39 is 5.97 Å². The predicted molar refractivity (Wildman–Crippen MR) is 69.5 cm³/mol. The summed E-state index contributed by atoms with van der Waals surface area (Å²) in [5.41, 5.74) is 0. The van der Waals surface area contributed by atoms with Crippen molar-refractivity contribution in [3.8, 4) is 0 Å². The maximum Gasteiger partial charge on any atom is 0.321 e. The normalized spacial score (nSPS) is 45.6. The number of hydrogen-bond donors (Lipinski definition) is 1. The van der Waals surface area contributed by atoms with Gasteiger partial charge in [-0.3, -0.25) is 9.69 Å². The molecule has 4 atom stereocenters. The van der Waals surface area contributed by atoms with Gasteiger partial charge in [0.05, 0.1) is 0 Å². The van der Waals surface area contributed by atoms with Crippen molar-refractivity contribution in [2.24, 2.45) is 5.92 Å². The molecule has 4 unspecified atom stereocenters. The number of aliphatic carboxylic acids is 1. The average molecular weight is 252 g/mol. The maximum absolute atomic E-state index is 11.5. The van der Waals surface area contributed by atoms with Gasteiger partial charge in [-0.25, -0.2) is 0 Å². The SMILES string of the molecule is CC1CCN(C2CC3CCC(C2)N3C)C1C(=O)O. The molecule has 3 aliphatic heterocycles. The third kappa shape index (κ3) is 1.86. The summed E-state index contributed by atoms with van der Waals surface area (Å²) in [5, 5.41) is 9.43. The van der Waals surface area contributed by atoms with Gasteiger partial charge in [-0.2, -0.15) is 0 Å². The molecule has 0 aliphatic carbocycles. The molecule has 0 spiro atoms. The number of nitrogens with zero attached hydrogens (tertiary/aromatic N) is 2. The zero-order valence-electron chi connectivity index (χ0n) is 11.4. The molecule has 3 fully saturated rings. The Kier molecular flexibility index (Phi) is 3.10. The lowest BCUT2D eigenvalue weighted by Gasteiger charge is -2.42. The topological polar surface area (TPSA) is 43.8 Å². The minimum atomic E-state index is -0.619. The van der Waals surface area contributed by atoms with Gasteiger partial charge in [0.1, 0.15) is 6.04 Å². The Bertz CT molecular complexity index is 333. The van der Waals surface area contributed by atoms with Crippen molar-refractivity contribution >= 4 is 5.97 Å². The monoisotopic (exact) mass is 252 g/mol. The van der Waals surface area contributed by atoms with E-state index in [2.05, 4.69) is 23.8 Å². The summed E-state index contributed by atoms with van der Waals surface area (Å²) in [7, 11) is 2.24. The first-order valence-electron chi connectivity index (χ1n) is 7.28. The number of likely N-dealkylation sites (tertiary alicyclic amines) is 1. The quantitative estimate of drug-likeness (QED) is 0.807. The van der Waals surface area contributed by atoms with Crippen LogP contribution in [0.3, 0.4) is 0 Å². The molecule has 4 heteroatoms. The van der Waals surface area contributed by atoms with Crippen LogP contribution in [0.2, 0.25) is 0 Å². The van der Waals surface area contributed by atoms with Gasteiger partial charge in [-0.1, -0.05) is 6.92 Å². The molecule has 3 heterocycles. The molecule has 0 amide bonds. The molecule has 4 nitrogen and oxygen atoms in total. The molecule has 102 valence electrons. The molecular weight excluding hydrogens is 228 g/mol. The number of rotatable bonds is 2. The smallest absolute Gasteiger partial charge is 0.321 e. The first-order chi connectivity index (χ1) is 8.58. The Morgan fingerprint density at radius 1 is 1.11 bits per heavy atom. The van der Waals surface area contributed by atoms with Crippen molar-refractivity contribution in [1.29, 1.82) is 0 Å². The summed E-state index contributed by atoms with van der Waals surface area (Å²) in [6.07, 6.45) is 5.99. The van der Waals surface area contributed by atoms with Gasteiger partial charge < -0.3 is 10.0 Å². The van der Waals surface area contributed by atoms with Crippen LogP contribution in [0.5, 0.6) is 0 Å². The van der Waals surface area contributed by atoms with E-state index in [-0.39, 0.29) is 6.04 Å². The molecule has 0 aromatic rings. The zero-order chi connectivity index (χ0) is 12.9. The van der Waals surface area contributed by atoms with Crippen molar-refractivity contribution in [3.63, 3.8) is 0 Å². The lowest BCUT2D eigenvalue weighted by molar-refractivity contribution is -0.144. The fraction of sp³-hybridized carbons (Fsp3) is 0.929. The van der Waals surface area contributed by atoms with E-state index in [1.54, 1.807) is 0 Å². The van der Waals surface area contributed by atoms with Gasteiger partial charge in [0.25, 0.3) is 0 Å². The van der Waals surface area contributed by atoms with Gasteiger partial charge in [0.2, 0.25) is 0 Å². The second kappa shape index (κ2) is 4.49. The Balaban J connectivity index is 1.74. The fourth-order valence-electron chi connectivity index (χ4n) is 4.43. The molecule has 3 rings (SSSR count). The number of carbonyl (C=O) groups is 1. The van der Waals surface area contributed by atoms with Crippen LogP contribution < -0.4 is 0 Å². The highest BCUT2D eigenvalue weighted by molar-refractivity contribution is 5.74. The first kappa shape index (κ1) is 12.4. The molecule has 3 aliphatic rings. The van der Waals surface area contributed by atoms with Crippen molar-refractivity contribution in [3.05, 3.63) is 0 Å². The van der Waals surface area contributed by atoms with Crippen molar-refractivity contribution in [2.45, 2.75) is 63.2 Å². The van der Waals surface area contributed by atoms with Crippen molar-refractivity contribution < 1.29 is 9.90 Å². The second-order valence-corrected chi connectivity index (χ2v) is 6.46. The number of hydrogen-bond acceptors (Lipinski definition) is 3. The van der Waals surface area contributed by atoms with Gasteiger partial charge >= 0.3 is 5.97 Å². The zero-order valence-corrected chi connectivity index (χ0v) is 11.4. The van der Waals surface area contributed by atoms with Gasteiger partial charge in [-0.15, -0.1) is 0 Å². The molecule has 18 heavy (non-hydrogen) atoms. The minimum absolute atomic E-state index is 0.238. The van der Waals surface area contributed by atoms with Crippen LogP contribution >= 0.6 is 0 Å². The van der Waals surface area contributed by atoms with E-state index in [4.69, 9.17) is 0 Å². The van der Waals surface area contributed by atoms with Crippen LogP contribution in [0.15, 0.2) is 0 Å². The van der Waals surface area contributed by atoms with E-state index >= 15 is 0 Å². The van der Waals surface area contributed by atoms with Crippen LogP contribution in [-0.4, -0.2) is 58.6 Å². The summed E-state index contributed by atoms with van der Waals surface area (Å²) >= 11 is 0. The Morgan fingerprint density at radius 3 is 2.28 bits per heavy atom. The first-order valence-corrected chi connectivity index (χ1v) is 7.28. The average Bonchev–Trinajstić information content (AvgIpc) is 2.77. The lowest BCUT2D eigenvalue weighted by atomic mass is 9.95. The van der Waals surface area contributed by atoms with Crippen LogP contribution in [0, 0.1) is 5.92 Å². The molecule has 0 aromatic heterocycles. The third-order valence-electron chi connectivity index (χ3n) is 5.53. The van der Waals surface area contributed by atoms with E-state index in [0.29, 0.717) is 24.0 Å². The molecule has 2 bridgehead atoms. The highest BCUT2D eigenvalue weighted by atomic mass is 16.4. The highest BCUT2D eigenvalue weighted by Gasteiger charge is 2.46. The van der Waals surface area contributed by atoms with E-state index in [9.17, 15) is 9.90 Å². The summed E-state index contributed by atoms with van der Waals surface area (Å²) in [5.74, 6) is -0.314. The third-order valence-corrected chi connectivity index (χ3v) is 5.53.